The molecule has 2 aromatic rings. The first kappa shape index (κ1) is 20.4. The highest BCUT2D eigenvalue weighted by molar-refractivity contribution is 8.03. The second-order valence-electron chi connectivity index (χ2n) is 7.60. The number of likely N-dealkylation sites (N-methyl/N-ethyl adjacent to an activating group) is 1. The van der Waals surface area contributed by atoms with Crippen molar-refractivity contribution < 1.29 is 19.1 Å². The van der Waals surface area contributed by atoms with E-state index in [4.69, 9.17) is 21.1 Å². The molecule has 10 heteroatoms. The Hall–Kier alpha value is -2.49. The van der Waals surface area contributed by atoms with Crippen molar-refractivity contribution in [3.8, 4) is 0 Å². The topological polar surface area (TPSA) is 75.2 Å². The molecular weight excluding hydrogens is 440 g/mol. The summed E-state index contributed by atoms with van der Waals surface area (Å²) in [6.45, 7) is 3.15. The Balaban J connectivity index is 1.47. The maximum absolute atomic E-state index is 13.2. The number of ether oxygens (including phenoxy) is 2. The molecule has 0 aliphatic carbocycles. The third-order valence-corrected chi connectivity index (χ3v) is 6.85. The standard InChI is InChI=1S/C21H21ClN4O4S/c1-24-6-8-25(9-7-24)21(28)30-20-18-17(29-10-11-31-18)19(27)26(20)16-5-3-13-2-4-14(22)12-15(13)23-16/h2-5,12,20H,6-11H2,1H3. The molecule has 3 aliphatic rings. The fraction of sp³-hybridized carbons (Fsp3) is 0.381. The van der Waals surface area contributed by atoms with E-state index >= 15 is 0 Å². The predicted octanol–water partition coefficient (Wildman–Crippen LogP) is 2.92. The van der Waals surface area contributed by atoms with Gasteiger partial charge in [0.1, 0.15) is 5.82 Å². The maximum atomic E-state index is 13.2. The van der Waals surface area contributed by atoms with Crippen molar-refractivity contribution in [2.24, 2.45) is 0 Å². The molecule has 3 aliphatic heterocycles. The Labute approximate surface area is 188 Å². The fourth-order valence-electron chi connectivity index (χ4n) is 3.82. The zero-order valence-electron chi connectivity index (χ0n) is 16.9. The van der Waals surface area contributed by atoms with Crippen molar-refractivity contribution in [1.82, 2.24) is 14.8 Å². The molecular formula is C21H21ClN4O4S. The lowest BCUT2D eigenvalue weighted by Crippen LogP contribution is -2.49. The normalized spacial score (nSPS) is 22.0. The number of hydrogen-bond acceptors (Lipinski definition) is 7. The number of pyridine rings is 1. The van der Waals surface area contributed by atoms with Crippen molar-refractivity contribution >= 4 is 52.1 Å². The van der Waals surface area contributed by atoms with E-state index < -0.39 is 12.3 Å². The third-order valence-electron chi connectivity index (χ3n) is 5.54. The number of carbonyl (C=O) groups is 2. The second-order valence-corrected chi connectivity index (χ2v) is 9.17. The Morgan fingerprint density at radius 3 is 2.81 bits per heavy atom. The lowest BCUT2D eigenvalue weighted by Gasteiger charge is -2.33. The van der Waals surface area contributed by atoms with Crippen LogP contribution in [0.25, 0.3) is 10.9 Å². The van der Waals surface area contributed by atoms with Gasteiger partial charge in [-0.05, 0) is 31.3 Å². The third kappa shape index (κ3) is 3.81. The van der Waals surface area contributed by atoms with Gasteiger partial charge in [0.15, 0.2) is 5.76 Å². The van der Waals surface area contributed by atoms with E-state index in [9.17, 15) is 9.59 Å². The van der Waals surface area contributed by atoms with Crippen LogP contribution in [0.5, 0.6) is 0 Å². The monoisotopic (exact) mass is 460 g/mol. The zero-order valence-corrected chi connectivity index (χ0v) is 18.5. The van der Waals surface area contributed by atoms with Gasteiger partial charge in [-0.15, -0.1) is 11.8 Å². The Bertz CT molecular complexity index is 1090. The van der Waals surface area contributed by atoms with E-state index in [1.807, 2.05) is 19.2 Å². The van der Waals surface area contributed by atoms with Gasteiger partial charge < -0.3 is 19.3 Å². The molecule has 31 heavy (non-hydrogen) atoms. The summed E-state index contributed by atoms with van der Waals surface area (Å²) in [5.41, 5.74) is 0.653. The number of carbonyl (C=O) groups excluding carboxylic acids is 2. The van der Waals surface area contributed by atoms with Crippen LogP contribution in [0, 0.1) is 0 Å². The number of halogens is 1. The van der Waals surface area contributed by atoms with Crippen LogP contribution in [0.1, 0.15) is 0 Å². The van der Waals surface area contributed by atoms with Crippen molar-refractivity contribution in [2.45, 2.75) is 6.23 Å². The molecule has 1 fully saturated rings. The largest absolute Gasteiger partial charge is 0.486 e. The van der Waals surface area contributed by atoms with Crippen LogP contribution < -0.4 is 4.90 Å². The van der Waals surface area contributed by atoms with Crippen LogP contribution in [0.4, 0.5) is 10.6 Å². The lowest BCUT2D eigenvalue weighted by atomic mass is 10.2. The lowest BCUT2D eigenvalue weighted by molar-refractivity contribution is -0.118. The quantitative estimate of drug-likeness (QED) is 0.682. The van der Waals surface area contributed by atoms with Gasteiger partial charge in [0.2, 0.25) is 6.23 Å². The first-order chi connectivity index (χ1) is 15.0. The second kappa shape index (κ2) is 8.22. The molecule has 1 saturated heterocycles. The summed E-state index contributed by atoms with van der Waals surface area (Å²) < 4.78 is 11.5. The highest BCUT2D eigenvalue weighted by atomic mass is 35.5. The molecule has 162 valence electrons. The molecule has 1 aromatic heterocycles. The molecule has 1 atom stereocenters. The molecule has 0 bridgehead atoms. The molecule has 8 nitrogen and oxygen atoms in total. The highest BCUT2D eigenvalue weighted by Crippen LogP contribution is 2.40. The number of fused-ring (bicyclic) bond motifs is 1. The van der Waals surface area contributed by atoms with E-state index in [0.29, 0.717) is 46.7 Å². The van der Waals surface area contributed by atoms with Crippen LogP contribution in [-0.4, -0.2) is 78.6 Å². The summed E-state index contributed by atoms with van der Waals surface area (Å²) in [7, 11) is 2.02. The number of anilines is 1. The highest BCUT2D eigenvalue weighted by Gasteiger charge is 2.47. The average molecular weight is 461 g/mol. The predicted molar refractivity (Wildman–Crippen MR) is 119 cm³/mol. The zero-order chi connectivity index (χ0) is 21.5. The fourth-order valence-corrected chi connectivity index (χ4v) is 4.95. The van der Waals surface area contributed by atoms with Crippen molar-refractivity contribution in [3.63, 3.8) is 0 Å². The van der Waals surface area contributed by atoms with Crippen molar-refractivity contribution in [3.05, 3.63) is 46.0 Å². The number of hydrogen-bond donors (Lipinski definition) is 0. The number of rotatable bonds is 2. The minimum absolute atomic E-state index is 0.236. The number of aromatic nitrogens is 1. The molecule has 2 amide bonds. The van der Waals surface area contributed by atoms with Gasteiger partial charge in [-0.2, -0.15) is 0 Å². The van der Waals surface area contributed by atoms with Gasteiger partial charge in [-0.25, -0.2) is 14.7 Å². The van der Waals surface area contributed by atoms with Crippen molar-refractivity contribution in [2.75, 3.05) is 50.5 Å². The Morgan fingerprint density at radius 1 is 1.23 bits per heavy atom. The van der Waals surface area contributed by atoms with Gasteiger partial charge >= 0.3 is 6.09 Å². The van der Waals surface area contributed by atoms with E-state index in [1.54, 1.807) is 23.1 Å². The van der Waals surface area contributed by atoms with Gasteiger partial charge in [-0.1, -0.05) is 17.7 Å². The first-order valence-electron chi connectivity index (χ1n) is 10.0. The Morgan fingerprint density at radius 2 is 2.00 bits per heavy atom. The number of benzene rings is 1. The van der Waals surface area contributed by atoms with Gasteiger partial charge in [0.05, 0.1) is 17.0 Å². The van der Waals surface area contributed by atoms with Gasteiger partial charge in [-0.3, -0.25) is 4.79 Å². The summed E-state index contributed by atoms with van der Waals surface area (Å²) in [6, 6.07) is 9.01. The minimum atomic E-state index is -0.899. The molecule has 0 spiro atoms. The van der Waals surface area contributed by atoms with Crippen LogP contribution in [-0.2, 0) is 14.3 Å². The number of nitrogens with zero attached hydrogens (tertiary/aromatic N) is 4. The molecule has 0 saturated carbocycles. The van der Waals surface area contributed by atoms with E-state index in [2.05, 4.69) is 9.88 Å². The molecule has 4 heterocycles. The minimum Gasteiger partial charge on any atom is -0.486 e. The molecule has 5 rings (SSSR count). The van der Waals surface area contributed by atoms with Crippen LogP contribution in [0.2, 0.25) is 5.02 Å². The maximum Gasteiger partial charge on any atom is 0.412 e. The molecule has 0 N–H and O–H groups in total. The molecule has 1 aromatic carbocycles. The van der Waals surface area contributed by atoms with E-state index in [-0.39, 0.29) is 11.7 Å². The SMILES string of the molecule is CN1CCN(C(=O)OC2C3=C(OCCS3)C(=O)N2c2ccc3ccc(Cl)cc3n2)CC1. The smallest absolute Gasteiger partial charge is 0.412 e. The molecule has 1 unspecified atom stereocenters. The van der Waals surface area contributed by atoms with Gasteiger partial charge in [0, 0.05) is 42.3 Å². The number of amides is 2. The number of piperazine rings is 1. The number of thioether (sulfide) groups is 1. The average Bonchev–Trinajstić information content (AvgIpc) is 3.05. The summed E-state index contributed by atoms with van der Waals surface area (Å²) in [6.07, 6.45) is -1.34. The first-order valence-corrected chi connectivity index (χ1v) is 11.4. The van der Waals surface area contributed by atoms with Gasteiger partial charge in [0.25, 0.3) is 5.91 Å². The van der Waals surface area contributed by atoms with E-state index in [0.717, 1.165) is 18.5 Å². The Kier molecular flexibility index (Phi) is 5.41. The summed E-state index contributed by atoms with van der Waals surface area (Å²) in [5, 5.41) is 1.45. The van der Waals surface area contributed by atoms with Crippen LogP contribution in [0.3, 0.4) is 0 Å². The van der Waals surface area contributed by atoms with Crippen molar-refractivity contribution in [1.29, 1.82) is 0 Å². The summed E-state index contributed by atoms with van der Waals surface area (Å²) >= 11 is 7.60. The van der Waals surface area contributed by atoms with Crippen LogP contribution >= 0.6 is 23.4 Å². The van der Waals surface area contributed by atoms with Crippen LogP contribution in [0.15, 0.2) is 41.0 Å². The molecule has 0 radical (unpaired) electrons. The summed E-state index contributed by atoms with van der Waals surface area (Å²) in [5.74, 6) is 0.950. The van der Waals surface area contributed by atoms with E-state index in [1.165, 1.54) is 16.7 Å². The summed E-state index contributed by atoms with van der Waals surface area (Å²) in [4.78, 5) is 36.6.